The maximum absolute atomic E-state index is 14.2. The number of carbonyl (C=O) groups is 1. The average Bonchev–Trinajstić information content (AvgIpc) is 2.62. The minimum absolute atomic E-state index is 0.00335. The average molecular weight is 335 g/mol. The highest BCUT2D eigenvalue weighted by atomic mass is 19.1. The molecule has 0 aliphatic carbocycles. The lowest BCUT2D eigenvalue weighted by Crippen LogP contribution is -2.31. The topological polar surface area (TPSA) is 74.8 Å². The van der Waals surface area contributed by atoms with E-state index in [1.54, 1.807) is 18.2 Å². The molecule has 0 fully saturated rings. The fourth-order valence-corrected chi connectivity index (χ4v) is 3.13. The van der Waals surface area contributed by atoms with Crippen LogP contribution in [0.1, 0.15) is 23.5 Å². The van der Waals surface area contributed by atoms with Crippen molar-refractivity contribution in [2.24, 2.45) is 0 Å². The van der Waals surface area contributed by atoms with Crippen molar-refractivity contribution < 1.29 is 9.18 Å². The molecule has 1 aliphatic rings. The summed E-state index contributed by atoms with van der Waals surface area (Å²) in [6.45, 7) is 0. The number of halogens is 1. The summed E-state index contributed by atoms with van der Waals surface area (Å²) in [6, 6.07) is 15.3. The van der Waals surface area contributed by atoms with Crippen LogP contribution in [-0.2, 0) is 4.79 Å². The van der Waals surface area contributed by atoms with Gasteiger partial charge in [0.05, 0.1) is 5.56 Å². The quantitative estimate of drug-likeness (QED) is 0.756. The summed E-state index contributed by atoms with van der Waals surface area (Å²) >= 11 is 0. The standard InChI is InChI=1S/C19H14FN3O2/c20-14-9-5-4-8-12(14)13-10-15(24)21-18-16(13)19(25)23-17(22-18)11-6-2-1-3-7-11/h1-9,13H,10H2,(H2,21,22,23,24,25). The first-order chi connectivity index (χ1) is 12.1. The van der Waals surface area contributed by atoms with Crippen LogP contribution in [-0.4, -0.2) is 15.9 Å². The van der Waals surface area contributed by atoms with Crippen molar-refractivity contribution in [3.8, 4) is 11.4 Å². The highest BCUT2D eigenvalue weighted by molar-refractivity contribution is 5.94. The van der Waals surface area contributed by atoms with Crippen LogP contribution >= 0.6 is 0 Å². The predicted molar refractivity (Wildman–Crippen MR) is 91.8 cm³/mol. The van der Waals surface area contributed by atoms with Crippen LogP contribution in [0.15, 0.2) is 59.4 Å². The predicted octanol–water partition coefficient (Wildman–Crippen LogP) is 3.05. The number of anilines is 1. The van der Waals surface area contributed by atoms with E-state index >= 15 is 0 Å². The van der Waals surface area contributed by atoms with Crippen molar-refractivity contribution in [2.75, 3.05) is 5.32 Å². The Morgan fingerprint density at radius 1 is 1.00 bits per heavy atom. The van der Waals surface area contributed by atoms with Crippen LogP contribution < -0.4 is 10.9 Å². The van der Waals surface area contributed by atoms with Gasteiger partial charge in [-0.25, -0.2) is 9.37 Å². The number of carbonyl (C=O) groups excluding carboxylic acids is 1. The van der Waals surface area contributed by atoms with Crippen molar-refractivity contribution in [2.45, 2.75) is 12.3 Å². The molecule has 2 N–H and O–H groups in total. The third-order valence-corrected chi connectivity index (χ3v) is 4.28. The summed E-state index contributed by atoms with van der Waals surface area (Å²) in [4.78, 5) is 31.9. The van der Waals surface area contributed by atoms with Crippen molar-refractivity contribution in [3.05, 3.63) is 81.9 Å². The zero-order valence-electron chi connectivity index (χ0n) is 13.1. The number of rotatable bonds is 2. The molecule has 1 amide bonds. The fourth-order valence-electron chi connectivity index (χ4n) is 3.13. The van der Waals surface area contributed by atoms with Crippen LogP contribution in [0.2, 0.25) is 0 Å². The van der Waals surface area contributed by atoms with E-state index in [-0.39, 0.29) is 29.3 Å². The van der Waals surface area contributed by atoms with Crippen LogP contribution in [0.5, 0.6) is 0 Å². The monoisotopic (exact) mass is 335 g/mol. The molecular formula is C19H14FN3O2. The molecule has 0 bridgehead atoms. The number of nitrogens with zero attached hydrogens (tertiary/aromatic N) is 1. The largest absolute Gasteiger partial charge is 0.310 e. The SMILES string of the molecule is O=C1CC(c2ccccc2F)c2c(nc(-c3ccccc3)[nH]c2=O)N1. The molecule has 0 spiro atoms. The molecule has 6 heteroatoms. The number of hydrogen-bond donors (Lipinski definition) is 2. The van der Waals surface area contributed by atoms with E-state index in [4.69, 9.17) is 0 Å². The van der Waals surface area contributed by atoms with Gasteiger partial charge in [0.1, 0.15) is 17.5 Å². The van der Waals surface area contributed by atoms with Gasteiger partial charge >= 0.3 is 0 Å². The fraction of sp³-hybridized carbons (Fsp3) is 0.105. The summed E-state index contributed by atoms with van der Waals surface area (Å²) in [5.74, 6) is -0.852. The second-order valence-corrected chi connectivity index (χ2v) is 5.87. The maximum Gasteiger partial charge on any atom is 0.257 e. The minimum Gasteiger partial charge on any atom is -0.310 e. The van der Waals surface area contributed by atoms with Crippen molar-refractivity contribution in [3.63, 3.8) is 0 Å². The van der Waals surface area contributed by atoms with Crippen molar-refractivity contribution in [1.82, 2.24) is 9.97 Å². The van der Waals surface area contributed by atoms with E-state index in [1.165, 1.54) is 6.07 Å². The van der Waals surface area contributed by atoms with Gasteiger partial charge in [0.25, 0.3) is 5.56 Å². The van der Waals surface area contributed by atoms with Gasteiger partial charge in [-0.1, -0.05) is 48.5 Å². The minimum atomic E-state index is -0.661. The Balaban J connectivity index is 1.89. The van der Waals surface area contributed by atoms with Crippen LogP contribution in [0.4, 0.5) is 10.2 Å². The van der Waals surface area contributed by atoms with Gasteiger partial charge in [-0.2, -0.15) is 0 Å². The molecule has 25 heavy (non-hydrogen) atoms. The Hall–Kier alpha value is -3.28. The van der Waals surface area contributed by atoms with E-state index in [0.29, 0.717) is 11.4 Å². The lowest BCUT2D eigenvalue weighted by molar-refractivity contribution is -0.116. The molecule has 2 aromatic carbocycles. The molecular weight excluding hydrogens is 321 g/mol. The molecule has 1 atom stereocenters. The van der Waals surface area contributed by atoms with Crippen LogP contribution in [0, 0.1) is 5.82 Å². The summed E-state index contributed by atoms with van der Waals surface area (Å²) < 4.78 is 14.2. The molecule has 2 heterocycles. The third-order valence-electron chi connectivity index (χ3n) is 4.28. The number of benzene rings is 2. The Bertz CT molecular complexity index is 1010. The summed E-state index contributed by atoms with van der Waals surface area (Å²) in [5.41, 5.74) is 0.949. The summed E-state index contributed by atoms with van der Waals surface area (Å²) in [7, 11) is 0. The number of nitrogens with one attached hydrogen (secondary N) is 2. The number of fused-ring (bicyclic) bond motifs is 1. The van der Waals surface area contributed by atoms with Crippen molar-refractivity contribution in [1.29, 1.82) is 0 Å². The first-order valence-electron chi connectivity index (χ1n) is 7.87. The molecule has 1 unspecified atom stereocenters. The third kappa shape index (κ3) is 2.71. The van der Waals surface area contributed by atoms with Gasteiger partial charge < -0.3 is 10.3 Å². The Morgan fingerprint density at radius 3 is 2.48 bits per heavy atom. The van der Waals surface area contributed by atoms with E-state index in [0.717, 1.165) is 5.56 Å². The molecule has 0 saturated carbocycles. The normalized spacial score (nSPS) is 16.2. The van der Waals surface area contributed by atoms with Crippen LogP contribution in [0.25, 0.3) is 11.4 Å². The molecule has 1 aromatic heterocycles. The van der Waals surface area contributed by atoms with E-state index in [1.807, 2.05) is 30.3 Å². The van der Waals surface area contributed by atoms with Gasteiger partial charge in [0, 0.05) is 17.9 Å². The lowest BCUT2D eigenvalue weighted by atomic mass is 9.86. The maximum atomic E-state index is 14.2. The van der Waals surface area contributed by atoms with Crippen LogP contribution in [0.3, 0.4) is 0 Å². The number of amides is 1. The Morgan fingerprint density at radius 2 is 1.72 bits per heavy atom. The van der Waals surface area contributed by atoms with Gasteiger partial charge in [0.2, 0.25) is 5.91 Å². The van der Waals surface area contributed by atoms with Gasteiger partial charge in [-0.3, -0.25) is 9.59 Å². The molecule has 0 saturated heterocycles. The number of aromatic amines is 1. The molecule has 0 radical (unpaired) electrons. The smallest absolute Gasteiger partial charge is 0.257 e. The van der Waals surface area contributed by atoms with E-state index < -0.39 is 11.7 Å². The molecule has 1 aliphatic heterocycles. The Labute approximate surface area is 142 Å². The van der Waals surface area contributed by atoms with Gasteiger partial charge in [0.15, 0.2) is 0 Å². The summed E-state index contributed by atoms with van der Waals surface area (Å²) in [6.07, 6.45) is 0.00335. The molecule has 5 nitrogen and oxygen atoms in total. The highest BCUT2D eigenvalue weighted by Gasteiger charge is 2.32. The molecule has 4 rings (SSSR count). The summed E-state index contributed by atoms with van der Waals surface area (Å²) in [5, 5.41) is 2.64. The Kier molecular flexibility index (Phi) is 3.65. The number of aromatic nitrogens is 2. The first kappa shape index (κ1) is 15.3. The zero-order chi connectivity index (χ0) is 17.4. The number of hydrogen-bond acceptors (Lipinski definition) is 3. The first-order valence-corrected chi connectivity index (χ1v) is 7.87. The molecule has 124 valence electrons. The number of H-pyrrole nitrogens is 1. The highest BCUT2D eigenvalue weighted by Crippen LogP contribution is 2.35. The second-order valence-electron chi connectivity index (χ2n) is 5.87. The second kappa shape index (κ2) is 5.98. The van der Waals surface area contributed by atoms with Gasteiger partial charge in [-0.15, -0.1) is 0 Å². The van der Waals surface area contributed by atoms with E-state index in [9.17, 15) is 14.0 Å². The lowest BCUT2D eigenvalue weighted by Gasteiger charge is -2.24. The van der Waals surface area contributed by atoms with Gasteiger partial charge in [-0.05, 0) is 11.6 Å². The van der Waals surface area contributed by atoms with Crippen molar-refractivity contribution >= 4 is 11.7 Å². The molecule has 3 aromatic rings. The zero-order valence-corrected chi connectivity index (χ0v) is 13.1. The van der Waals surface area contributed by atoms with E-state index in [2.05, 4.69) is 15.3 Å².